The van der Waals surface area contributed by atoms with E-state index in [4.69, 9.17) is 25.6 Å². The van der Waals surface area contributed by atoms with Crippen molar-refractivity contribution < 1.29 is 46.7 Å². The normalized spacial score (nSPS) is 16.8. The summed E-state index contributed by atoms with van der Waals surface area (Å²) in [6.07, 6.45) is 1.84. The van der Waals surface area contributed by atoms with Crippen LogP contribution in [0.25, 0.3) is 0 Å². The largest absolute Gasteiger partial charge is 0.463 e. The van der Waals surface area contributed by atoms with Crippen LogP contribution >= 0.6 is 0 Å². The molecule has 0 spiro atoms. The van der Waals surface area contributed by atoms with Crippen LogP contribution in [-0.4, -0.2) is 100 Å². The zero-order valence-corrected chi connectivity index (χ0v) is 23.5. The van der Waals surface area contributed by atoms with E-state index >= 15 is 0 Å². The number of amides is 2. The molecule has 0 bridgehead atoms. The second-order valence-corrected chi connectivity index (χ2v) is 9.07. The lowest BCUT2D eigenvalue weighted by Gasteiger charge is -2.24. The third kappa shape index (κ3) is 8.63. The second-order valence-electron chi connectivity index (χ2n) is 9.07. The number of benzene rings is 1. The molecule has 234 valence electrons. The molecule has 0 aliphatic carbocycles. The van der Waals surface area contributed by atoms with Gasteiger partial charge in [0.1, 0.15) is 11.8 Å². The van der Waals surface area contributed by atoms with Crippen LogP contribution in [0.2, 0.25) is 0 Å². The topological polar surface area (TPSA) is 186 Å². The molecule has 1 aromatic heterocycles. The zero-order valence-electron chi connectivity index (χ0n) is 23.5. The number of hydrogen-bond donors (Lipinski definition) is 3. The Morgan fingerprint density at radius 3 is 2.53 bits per heavy atom. The number of methoxy groups -OCH3 is 1. The maximum Gasteiger partial charge on any atom is 0.414 e. The van der Waals surface area contributed by atoms with E-state index < -0.39 is 29.8 Å². The summed E-state index contributed by atoms with van der Waals surface area (Å²) in [5.41, 5.74) is 5.05. The number of aldehydes is 1. The quantitative estimate of drug-likeness (QED) is 0.155. The molecule has 2 aliphatic rings. The molecule has 3 heterocycles. The first-order chi connectivity index (χ1) is 20.6. The van der Waals surface area contributed by atoms with Gasteiger partial charge in [0, 0.05) is 37.6 Å². The number of hydrogen-bond acceptors (Lipinski definition) is 13. The fourth-order valence-corrected chi connectivity index (χ4v) is 4.18. The first-order valence-corrected chi connectivity index (χ1v) is 12.9. The van der Waals surface area contributed by atoms with E-state index in [1.165, 1.54) is 46.6 Å². The fourth-order valence-electron chi connectivity index (χ4n) is 4.18. The fraction of sp³-hybridized carbons (Fsp3) is 0.385. The number of nitrogens with one attached hydrogen (secondary N) is 1. The van der Waals surface area contributed by atoms with Crippen LogP contribution in [0.5, 0.6) is 0 Å². The number of esters is 1. The Morgan fingerprint density at radius 1 is 1.21 bits per heavy atom. The molecule has 5 N–H and O–H groups in total. The van der Waals surface area contributed by atoms with E-state index in [1.807, 2.05) is 0 Å². The Balaban J connectivity index is 0.000000386. The summed E-state index contributed by atoms with van der Waals surface area (Å²) >= 11 is 0. The first-order valence-electron chi connectivity index (χ1n) is 12.9. The highest BCUT2D eigenvalue weighted by molar-refractivity contribution is 5.90. The molecule has 0 unspecified atom stereocenters. The molecule has 0 saturated carbocycles. The zero-order chi connectivity index (χ0) is 31.5. The van der Waals surface area contributed by atoms with Gasteiger partial charge in [0.15, 0.2) is 23.7 Å². The maximum absolute atomic E-state index is 14.9. The molecule has 2 fully saturated rings. The van der Waals surface area contributed by atoms with Gasteiger partial charge in [0.2, 0.25) is 5.76 Å². The number of hydroxylamine groups is 2. The number of carbonyl (C=O) groups is 4. The number of nitrogens with two attached hydrogens (primary N) is 2. The molecule has 1 aromatic carbocycles. The number of anilines is 2. The SMILES string of the molecule is CNCC(=O)N1CCN(c2c(F)cc(N3C[C@H](CN(N)/C=C\N)OC3=O)cc2F)CCO1.COC(=O)c1ccc(C=O)o1. The van der Waals surface area contributed by atoms with Gasteiger partial charge in [0.05, 0.1) is 45.6 Å². The summed E-state index contributed by atoms with van der Waals surface area (Å²) in [5.74, 6) is 3.32. The molecule has 1 atom stereocenters. The molecule has 2 saturated heterocycles. The highest BCUT2D eigenvalue weighted by Gasteiger charge is 2.34. The minimum absolute atomic E-state index is 0.0334. The van der Waals surface area contributed by atoms with Gasteiger partial charge in [-0.2, -0.15) is 0 Å². The van der Waals surface area contributed by atoms with Crippen LogP contribution in [0.4, 0.5) is 25.0 Å². The van der Waals surface area contributed by atoms with E-state index in [-0.39, 0.29) is 74.7 Å². The standard InChI is InChI=1S/C19H27F2N7O4.C7H6O4/c1-24-10-17(29)28-5-4-25(6-7-31-28)18-15(20)8-13(9-16(18)21)27-12-14(32-19(27)30)11-26(23)3-2-22;1-10-7(9)6-3-2-5(4-8)11-6/h2-3,8-9,14,24H,4-7,10-12,22-23H2,1H3;2-4H,1H3/b3-2-;/t14-;/m0./s1. The minimum atomic E-state index is -0.835. The van der Waals surface area contributed by atoms with Crippen molar-refractivity contribution in [1.29, 1.82) is 0 Å². The van der Waals surface area contributed by atoms with Crippen molar-refractivity contribution in [1.82, 2.24) is 15.4 Å². The lowest BCUT2D eigenvalue weighted by atomic mass is 10.2. The molecule has 2 aliphatic heterocycles. The van der Waals surface area contributed by atoms with Crippen LogP contribution in [0.15, 0.2) is 41.1 Å². The number of likely N-dealkylation sites (N-methyl/N-ethyl adjacent to an activating group) is 1. The molecule has 2 aromatic rings. The molecule has 0 radical (unpaired) electrons. The predicted octanol–water partition coefficient (Wildman–Crippen LogP) is 0.574. The van der Waals surface area contributed by atoms with E-state index in [1.54, 1.807) is 7.05 Å². The Kier molecular flexibility index (Phi) is 11.8. The van der Waals surface area contributed by atoms with Crippen LogP contribution in [0.1, 0.15) is 21.1 Å². The summed E-state index contributed by atoms with van der Waals surface area (Å²) in [6.45, 7) is 0.924. The Morgan fingerprint density at radius 2 is 1.93 bits per heavy atom. The van der Waals surface area contributed by atoms with Crippen molar-refractivity contribution in [2.24, 2.45) is 11.6 Å². The van der Waals surface area contributed by atoms with Crippen molar-refractivity contribution in [3.05, 3.63) is 59.8 Å². The minimum Gasteiger partial charge on any atom is -0.463 e. The maximum atomic E-state index is 14.9. The number of halogens is 2. The lowest BCUT2D eigenvalue weighted by molar-refractivity contribution is -0.180. The second kappa shape index (κ2) is 15.5. The van der Waals surface area contributed by atoms with Gasteiger partial charge in [-0.25, -0.2) is 29.3 Å². The van der Waals surface area contributed by atoms with Crippen molar-refractivity contribution in [2.75, 3.05) is 69.8 Å². The number of furan rings is 1. The summed E-state index contributed by atoms with van der Waals surface area (Å²) in [5, 5.41) is 5.17. The average molecular weight is 610 g/mol. The highest BCUT2D eigenvalue weighted by Crippen LogP contribution is 2.31. The average Bonchev–Trinajstić information content (AvgIpc) is 3.52. The number of hydrazine groups is 1. The van der Waals surface area contributed by atoms with Gasteiger partial charge in [-0.15, -0.1) is 0 Å². The highest BCUT2D eigenvalue weighted by atomic mass is 19.1. The molecule has 2 amide bonds. The Labute approximate surface area is 245 Å². The molecule has 15 nitrogen and oxygen atoms in total. The summed E-state index contributed by atoms with van der Waals surface area (Å²) in [6, 6.07) is 4.95. The summed E-state index contributed by atoms with van der Waals surface area (Å²) in [7, 11) is 2.88. The number of ether oxygens (including phenoxy) is 2. The van der Waals surface area contributed by atoms with Gasteiger partial charge >= 0.3 is 12.1 Å². The molecular formula is C26H33F2N7O8. The third-order valence-electron chi connectivity index (χ3n) is 6.11. The van der Waals surface area contributed by atoms with Crippen molar-refractivity contribution in [3.63, 3.8) is 0 Å². The third-order valence-corrected chi connectivity index (χ3v) is 6.11. The van der Waals surface area contributed by atoms with Crippen LogP contribution in [0.3, 0.4) is 0 Å². The van der Waals surface area contributed by atoms with Gasteiger partial charge < -0.3 is 34.9 Å². The van der Waals surface area contributed by atoms with Crippen LogP contribution < -0.4 is 26.7 Å². The molecule has 43 heavy (non-hydrogen) atoms. The van der Waals surface area contributed by atoms with Crippen LogP contribution in [0, 0.1) is 11.6 Å². The number of cyclic esters (lactones) is 1. The summed E-state index contributed by atoms with van der Waals surface area (Å²) < 4.78 is 44.2. The predicted molar refractivity (Wildman–Crippen MR) is 147 cm³/mol. The van der Waals surface area contributed by atoms with Crippen LogP contribution in [-0.2, 0) is 19.1 Å². The monoisotopic (exact) mass is 609 g/mol. The number of carbonyl (C=O) groups excluding carboxylic acids is 4. The number of rotatable bonds is 9. The molecular weight excluding hydrogens is 576 g/mol. The molecule has 4 rings (SSSR count). The lowest BCUT2D eigenvalue weighted by Crippen LogP contribution is -2.39. The van der Waals surface area contributed by atoms with E-state index in [2.05, 4.69) is 10.1 Å². The van der Waals surface area contributed by atoms with E-state index in [9.17, 15) is 28.0 Å². The van der Waals surface area contributed by atoms with E-state index in [0.29, 0.717) is 6.29 Å². The number of nitrogens with zero attached hydrogens (tertiary/aromatic N) is 4. The Hall–Kier alpha value is -4.74. The van der Waals surface area contributed by atoms with E-state index in [0.717, 1.165) is 17.0 Å². The van der Waals surface area contributed by atoms with Gasteiger partial charge in [-0.3, -0.25) is 19.3 Å². The van der Waals surface area contributed by atoms with Gasteiger partial charge in [-0.05, 0) is 19.2 Å². The van der Waals surface area contributed by atoms with Gasteiger partial charge in [-0.1, -0.05) is 0 Å². The van der Waals surface area contributed by atoms with Gasteiger partial charge in [0.25, 0.3) is 5.91 Å². The first kappa shape index (κ1) is 32.8. The van der Waals surface area contributed by atoms with Crippen molar-refractivity contribution in [2.45, 2.75) is 6.10 Å². The smallest absolute Gasteiger partial charge is 0.414 e. The van der Waals surface area contributed by atoms with Crippen molar-refractivity contribution in [3.8, 4) is 0 Å². The molecule has 17 heteroatoms. The Bertz CT molecular complexity index is 1300. The van der Waals surface area contributed by atoms with Crippen molar-refractivity contribution >= 4 is 35.6 Å². The summed E-state index contributed by atoms with van der Waals surface area (Å²) in [4.78, 5) is 53.0.